The predicted octanol–water partition coefficient (Wildman–Crippen LogP) is 0.409. The first kappa shape index (κ1) is 13.6. The molecular weight excluding hydrogens is 292 g/mol. The lowest BCUT2D eigenvalue weighted by molar-refractivity contribution is -0.139. The van der Waals surface area contributed by atoms with E-state index in [1.165, 1.54) is 18.3 Å². The summed E-state index contributed by atoms with van der Waals surface area (Å²) in [6, 6.07) is 1.85. The van der Waals surface area contributed by atoms with E-state index in [0.717, 1.165) is 0 Å². The Balaban J connectivity index is 2.73. The average Bonchev–Trinajstić information content (AvgIpc) is 2.28. The lowest BCUT2D eigenvalue weighted by Crippen LogP contribution is -2.41. The molecule has 0 spiro atoms. The highest BCUT2D eigenvalue weighted by Crippen LogP contribution is 2.08. The minimum absolute atomic E-state index is 0.0344. The second-order valence-electron chi connectivity index (χ2n) is 3.24. The number of aliphatic carboxylic acids is 1. The lowest BCUT2D eigenvalue weighted by atomic mass is 10.2. The topological polar surface area (TPSA) is 99.5 Å². The number of rotatable bonds is 5. The number of aliphatic hydroxyl groups is 1. The number of aromatic nitrogens is 1. The number of nitrogens with one attached hydrogen (secondary N) is 1. The number of hydrogen-bond donors (Lipinski definition) is 3. The number of amides is 1. The van der Waals surface area contributed by atoms with Crippen molar-refractivity contribution in [3.8, 4) is 0 Å². The molecule has 1 amide bonds. The summed E-state index contributed by atoms with van der Waals surface area (Å²) in [5.41, 5.74) is 0.302. The summed E-state index contributed by atoms with van der Waals surface area (Å²) < 4.78 is 0.485. The van der Waals surface area contributed by atoms with E-state index < -0.39 is 17.9 Å². The molecule has 1 aromatic heterocycles. The van der Waals surface area contributed by atoms with Crippen molar-refractivity contribution in [3.63, 3.8) is 0 Å². The number of carboxylic acid groups (broad SMARTS) is 1. The Morgan fingerprint density at radius 2 is 2.24 bits per heavy atom. The van der Waals surface area contributed by atoms with Crippen molar-refractivity contribution in [2.24, 2.45) is 0 Å². The Kier molecular flexibility index (Phi) is 5.05. The molecule has 1 atom stereocenters. The van der Waals surface area contributed by atoms with Gasteiger partial charge in [0.05, 0.1) is 0 Å². The van der Waals surface area contributed by atoms with Crippen molar-refractivity contribution >= 4 is 27.8 Å². The van der Waals surface area contributed by atoms with Crippen molar-refractivity contribution in [1.82, 2.24) is 10.3 Å². The van der Waals surface area contributed by atoms with E-state index in [0.29, 0.717) is 10.2 Å². The molecule has 3 N–H and O–H groups in total. The molecule has 1 unspecified atom stereocenters. The minimum Gasteiger partial charge on any atom is -0.480 e. The van der Waals surface area contributed by atoms with Crippen LogP contribution in [0.3, 0.4) is 0 Å². The molecule has 0 aliphatic rings. The van der Waals surface area contributed by atoms with Gasteiger partial charge in [-0.2, -0.15) is 0 Å². The maximum atomic E-state index is 11.7. The van der Waals surface area contributed by atoms with Crippen molar-refractivity contribution in [1.29, 1.82) is 0 Å². The van der Waals surface area contributed by atoms with Crippen LogP contribution in [0.4, 0.5) is 0 Å². The zero-order chi connectivity index (χ0) is 12.8. The molecule has 0 radical (unpaired) electrons. The van der Waals surface area contributed by atoms with Gasteiger partial charge in [-0.05, 0) is 28.1 Å². The van der Waals surface area contributed by atoms with Crippen LogP contribution in [-0.4, -0.2) is 39.7 Å². The maximum Gasteiger partial charge on any atom is 0.326 e. The number of aliphatic hydroxyl groups excluding tert-OH is 1. The van der Waals surface area contributed by atoms with Crippen LogP contribution in [0.2, 0.25) is 0 Å². The third-order valence-corrected chi connectivity index (χ3v) is 2.44. The highest BCUT2D eigenvalue weighted by molar-refractivity contribution is 9.10. The molecule has 1 aromatic rings. The summed E-state index contributed by atoms with van der Waals surface area (Å²) in [4.78, 5) is 26.3. The van der Waals surface area contributed by atoms with Gasteiger partial charge >= 0.3 is 5.97 Å². The van der Waals surface area contributed by atoms with E-state index in [1.807, 2.05) is 0 Å². The zero-order valence-electron chi connectivity index (χ0n) is 8.76. The van der Waals surface area contributed by atoms with E-state index >= 15 is 0 Å². The first-order chi connectivity index (χ1) is 8.04. The molecule has 1 heterocycles. The monoisotopic (exact) mass is 302 g/mol. The summed E-state index contributed by atoms with van der Waals surface area (Å²) in [6.45, 7) is -0.308. The predicted molar refractivity (Wildman–Crippen MR) is 62.5 cm³/mol. The van der Waals surface area contributed by atoms with E-state index in [-0.39, 0.29) is 13.0 Å². The third kappa shape index (κ3) is 4.12. The van der Waals surface area contributed by atoms with E-state index in [9.17, 15) is 9.59 Å². The van der Waals surface area contributed by atoms with Crippen LogP contribution in [-0.2, 0) is 4.79 Å². The highest BCUT2D eigenvalue weighted by Gasteiger charge is 2.19. The fourth-order valence-electron chi connectivity index (χ4n) is 1.17. The van der Waals surface area contributed by atoms with E-state index in [4.69, 9.17) is 10.2 Å². The van der Waals surface area contributed by atoms with Crippen molar-refractivity contribution in [2.75, 3.05) is 6.61 Å². The van der Waals surface area contributed by atoms with Crippen LogP contribution in [0, 0.1) is 0 Å². The van der Waals surface area contributed by atoms with Gasteiger partial charge in [0.2, 0.25) is 0 Å². The fourth-order valence-corrected chi connectivity index (χ4v) is 1.54. The van der Waals surface area contributed by atoms with Crippen LogP contribution in [0.15, 0.2) is 22.9 Å². The summed E-state index contributed by atoms with van der Waals surface area (Å²) in [5, 5.41) is 19.8. The van der Waals surface area contributed by atoms with Crippen LogP contribution < -0.4 is 5.32 Å². The molecule has 0 aliphatic carbocycles. The second kappa shape index (κ2) is 6.31. The number of hydrogen-bond acceptors (Lipinski definition) is 4. The fraction of sp³-hybridized carbons (Fsp3) is 0.300. The summed E-state index contributed by atoms with van der Waals surface area (Å²) in [5.74, 6) is -1.70. The molecule has 92 valence electrons. The Morgan fingerprint density at radius 1 is 1.53 bits per heavy atom. The average molecular weight is 303 g/mol. The molecule has 6 nitrogen and oxygen atoms in total. The Labute approximate surface area is 106 Å². The van der Waals surface area contributed by atoms with Gasteiger partial charge in [0, 0.05) is 24.8 Å². The molecule has 1 rings (SSSR count). The van der Waals surface area contributed by atoms with Crippen LogP contribution in [0.5, 0.6) is 0 Å². The largest absolute Gasteiger partial charge is 0.480 e. The Morgan fingerprint density at radius 3 is 2.76 bits per heavy atom. The zero-order valence-corrected chi connectivity index (χ0v) is 10.3. The smallest absolute Gasteiger partial charge is 0.326 e. The molecule has 0 aromatic carbocycles. The molecule has 0 saturated carbocycles. The number of halogens is 1. The number of carbonyl (C=O) groups excluding carboxylic acids is 1. The minimum atomic E-state index is -1.18. The summed E-state index contributed by atoms with van der Waals surface area (Å²) >= 11 is 3.11. The number of pyridine rings is 1. The first-order valence-electron chi connectivity index (χ1n) is 4.80. The van der Waals surface area contributed by atoms with Crippen LogP contribution in [0.25, 0.3) is 0 Å². The molecular formula is C10H11BrN2O4. The van der Waals surface area contributed by atoms with Crippen LogP contribution in [0.1, 0.15) is 16.8 Å². The SMILES string of the molecule is O=C(NC(CCO)C(=O)O)c1ccnc(Br)c1. The van der Waals surface area contributed by atoms with Gasteiger partial charge in [-0.15, -0.1) is 0 Å². The van der Waals surface area contributed by atoms with Gasteiger partial charge in [-0.1, -0.05) is 0 Å². The molecule has 0 aliphatic heterocycles. The number of carboxylic acids is 1. The van der Waals surface area contributed by atoms with E-state index in [2.05, 4.69) is 26.2 Å². The molecule has 17 heavy (non-hydrogen) atoms. The third-order valence-electron chi connectivity index (χ3n) is 2.01. The van der Waals surface area contributed by atoms with Crippen molar-refractivity contribution in [3.05, 3.63) is 28.5 Å². The number of nitrogens with zero attached hydrogens (tertiary/aromatic N) is 1. The molecule has 7 heteroatoms. The summed E-state index contributed by atoms with van der Waals surface area (Å²) in [7, 11) is 0. The van der Waals surface area contributed by atoms with Gasteiger partial charge in [0.25, 0.3) is 5.91 Å². The van der Waals surface area contributed by atoms with Gasteiger partial charge < -0.3 is 15.5 Å². The molecule has 0 bridgehead atoms. The van der Waals surface area contributed by atoms with E-state index in [1.54, 1.807) is 0 Å². The van der Waals surface area contributed by atoms with Crippen LogP contribution >= 0.6 is 15.9 Å². The molecule has 0 fully saturated rings. The van der Waals surface area contributed by atoms with Gasteiger partial charge in [0.15, 0.2) is 0 Å². The van der Waals surface area contributed by atoms with Gasteiger partial charge in [-0.3, -0.25) is 4.79 Å². The quantitative estimate of drug-likeness (QED) is 0.684. The standard InChI is InChI=1S/C10H11BrN2O4/c11-8-5-6(1-3-12-8)9(15)13-7(2-4-14)10(16)17/h1,3,5,7,14H,2,4H2,(H,13,15)(H,16,17). The first-order valence-corrected chi connectivity index (χ1v) is 5.60. The second-order valence-corrected chi connectivity index (χ2v) is 4.06. The Hall–Kier alpha value is -1.47. The normalized spacial score (nSPS) is 11.9. The molecule has 0 saturated heterocycles. The summed E-state index contributed by atoms with van der Waals surface area (Å²) in [6.07, 6.45) is 1.40. The van der Waals surface area contributed by atoms with Gasteiger partial charge in [0.1, 0.15) is 10.6 Å². The highest BCUT2D eigenvalue weighted by atomic mass is 79.9. The number of carbonyl (C=O) groups is 2. The maximum absolute atomic E-state index is 11.7. The van der Waals surface area contributed by atoms with Gasteiger partial charge in [-0.25, -0.2) is 9.78 Å². The lowest BCUT2D eigenvalue weighted by Gasteiger charge is -2.13. The Bertz CT molecular complexity index is 425. The van der Waals surface area contributed by atoms with Crippen molar-refractivity contribution < 1.29 is 19.8 Å². The van der Waals surface area contributed by atoms with Crippen molar-refractivity contribution in [2.45, 2.75) is 12.5 Å².